The number of aromatic nitrogens is 2. The van der Waals surface area contributed by atoms with Gasteiger partial charge in [-0.25, -0.2) is 4.68 Å². The third kappa shape index (κ3) is 3.91. The second-order valence-electron chi connectivity index (χ2n) is 5.47. The Bertz CT molecular complexity index is 482. The summed E-state index contributed by atoms with van der Waals surface area (Å²) in [6.07, 6.45) is 0.486. The Morgan fingerprint density at radius 2 is 2.15 bits per heavy atom. The van der Waals surface area contributed by atoms with Gasteiger partial charge in [0, 0.05) is 20.1 Å². The standard InChI is InChI=1S/C12H23N5O3/c1-6-9-10(17(19)20)11(16(5)14-9)13-7-12(2,18)8-15(3)4/h13,18H,6-8H2,1-5H3. The average Bonchev–Trinajstić information content (AvgIpc) is 2.61. The molecule has 8 nitrogen and oxygen atoms in total. The highest BCUT2D eigenvalue weighted by molar-refractivity contribution is 5.60. The average molecular weight is 285 g/mol. The largest absolute Gasteiger partial charge is 0.387 e. The van der Waals surface area contributed by atoms with E-state index >= 15 is 0 Å². The molecule has 0 radical (unpaired) electrons. The molecular formula is C12H23N5O3. The van der Waals surface area contributed by atoms with E-state index < -0.39 is 10.5 Å². The number of hydrogen-bond acceptors (Lipinski definition) is 6. The maximum absolute atomic E-state index is 11.2. The molecule has 1 rings (SSSR count). The Labute approximate surface area is 118 Å². The van der Waals surface area contributed by atoms with Crippen LogP contribution in [0.3, 0.4) is 0 Å². The summed E-state index contributed by atoms with van der Waals surface area (Å²) < 4.78 is 1.45. The number of nitrogens with one attached hydrogen (secondary N) is 1. The fourth-order valence-corrected chi connectivity index (χ4v) is 2.21. The number of anilines is 1. The lowest BCUT2D eigenvalue weighted by Crippen LogP contribution is -2.43. The maximum Gasteiger partial charge on any atom is 0.333 e. The van der Waals surface area contributed by atoms with E-state index in [4.69, 9.17) is 0 Å². The maximum atomic E-state index is 11.2. The third-order valence-electron chi connectivity index (χ3n) is 2.90. The zero-order valence-electron chi connectivity index (χ0n) is 12.7. The first-order chi connectivity index (χ1) is 9.18. The fourth-order valence-electron chi connectivity index (χ4n) is 2.21. The van der Waals surface area contributed by atoms with Crippen LogP contribution in [0.5, 0.6) is 0 Å². The first kappa shape index (κ1) is 16.4. The van der Waals surface area contributed by atoms with Crippen molar-refractivity contribution in [3.8, 4) is 0 Å². The van der Waals surface area contributed by atoms with Gasteiger partial charge in [-0.15, -0.1) is 0 Å². The minimum Gasteiger partial charge on any atom is -0.387 e. The quantitative estimate of drug-likeness (QED) is 0.563. The van der Waals surface area contributed by atoms with Crippen molar-refractivity contribution in [3.05, 3.63) is 15.8 Å². The van der Waals surface area contributed by atoms with E-state index in [9.17, 15) is 15.2 Å². The topological polar surface area (TPSA) is 96.5 Å². The van der Waals surface area contributed by atoms with Gasteiger partial charge in [0.05, 0.1) is 10.5 Å². The molecule has 0 aliphatic carbocycles. The van der Waals surface area contributed by atoms with Gasteiger partial charge in [0.15, 0.2) is 0 Å². The predicted molar refractivity (Wildman–Crippen MR) is 76.9 cm³/mol. The number of nitro groups is 1. The lowest BCUT2D eigenvalue weighted by molar-refractivity contribution is -0.384. The number of rotatable bonds is 7. The molecule has 0 aliphatic rings. The van der Waals surface area contributed by atoms with Crippen LogP contribution in [0.4, 0.5) is 11.5 Å². The monoisotopic (exact) mass is 285 g/mol. The number of likely N-dealkylation sites (N-methyl/N-ethyl adjacent to an activating group) is 1. The first-order valence-electron chi connectivity index (χ1n) is 6.49. The Hall–Kier alpha value is -1.67. The van der Waals surface area contributed by atoms with Crippen LogP contribution in [0, 0.1) is 10.1 Å². The molecule has 0 fully saturated rings. The predicted octanol–water partition coefficient (Wildman–Crippen LogP) is 0.615. The summed E-state index contributed by atoms with van der Waals surface area (Å²) in [5, 5.41) is 28.5. The van der Waals surface area contributed by atoms with E-state index in [0.717, 1.165) is 0 Å². The molecule has 1 unspecified atom stereocenters. The smallest absolute Gasteiger partial charge is 0.333 e. The van der Waals surface area contributed by atoms with E-state index in [1.54, 1.807) is 14.0 Å². The SMILES string of the molecule is CCc1nn(C)c(NCC(C)(O)CN(C)C)c1[N+](=O)[O-]. The highest BCUT2D eigenvalue weighted by Crippen LogP contribution is 2.28. The molecule has 1 heterocycles. The van der Waals surface area contributed by atoms with Crippen LogP contribution in [0.2, 0.25) is 0 Å². The summed E-state index contributed by atoms with van der Waals surface area (Å²) in [6.45, 7) is 4.16. The number of aliphatic hydroxyl groups is 1. The Morgan fingerprint density at radius 1 is 1.55 bits per heavy atom. The molecule has 20 heavy (non-hydrogen) atoms. The van der Waals surface area contributed by atoms with Crippen molar-refractivity contribution in [1.82, 2.24) is 14.7 Å². The Balaban J connectivity index is 2.93. The van der Waals surface area contributed by atoms with Gasteiger partial charge in [-0.3, -0.25) is 10.1 Å². The molecule has 1 atom stereocenters. The Kier molecular flexibility index (Phi) is 5.07. The van der Waals surface area contributed by atoms with Crippen LogP contribution in [-0.2, 0) is 13.5 Å². The van der Waals surface area contributed by atoms with E-state index in [-0.39, 0.29) is 12.2 Å². The molecule has 0 spiro atoms. The van der Waals surface area contributed by atoms with Crippen LogP contribution >= 0.6 is 0 Å². The summed E-state index contributed by atoms with van der Waals surface area (Å²) in [6, 6.07) is 0. The minimum absolute atomic E-state index is 0.0179. The Morgan fingerprint density at radius 3 is 2.60 bits per heavy atom. The molecule has 0 bridgehead atoms. The minimum atomic E-state index is -0.992. The summed E-state index contributed by atoms with van der Waals surface area (Å²) in [5.41, 5.74) is -0.573. The summed E-state index contributed by atoms with van der Waals surface area (Å²) in [5.74, 6) is 0.325. The first-order valence-corrected chi connectivity index (χ1v) is 6.49. The molecule has 2 N–H and O–H groups in total. The van der Waals surface area contributed by atoms with Crippen LogP contribution < -0.4 is 5.32 Å². The van der Waals surface area contributed by atoms with Crippen LogP contribution in [0.1, 0.15) is 19.5 Å². The van der Waals surface area contributed by atoms with Gasteiger partial charge in [-0.2, -0.15) is 5.10 Å². The van der Waals surface area contributed by atoms with Crippen molar-refractivity contribution in [3.63, 3.8) is 0 Å². The zero-order valence-corrected chi connectivity index (χ0v) is 12.7. The van der Waals surface area contributed by atoms with Gasteiger partial charge in [0.25, 0.3) is 0 Å². The van der Waals surface area contributed by atoms with Gasteiger partial charge in [0.2, 0.25) is 5.82 Å². The lowest BCUT2D eigenvalue weighted by atomic mass is 10.1. The van der Waals surface area contributed by atoms with E-state index in [1.165, 1.54) is 4.68 Å². The van der Waals surface area contributed by atoms with Crippen molar-refractivity contribution in [2.75, 3.05) is 32.5 Å². The molecule has 0 aliphatic heterocycles. The molecule has 1 aromatic rings. The van der Waals surface area contributed by atoms with E-state index in [1.807, 2.05) is 25.9 Å². The number of nitrogens with zero attached hydrogens (tertiary/aromatic N) is 4. The molecule has 114 valence electrons. The normalized spacial score (nSPS) is 14.3. The summed E-state index contributed by atoms with van der Waals surface area (Å²) in [4.78, 5) is 12.6. The highest BCUT2D eigenvalue weighted by atomic mass is 16.6. The van der Waals surface area contributed by atoms with Crippen molar-refractivity contribution in [2.45, 2.75) is 25.9 Å². The summed E-state index contributed by atoms with van der Waals surface area (Å²) >= 11 is 0. The third-order valence-corrected chi connectivity index (χ3v) is 2.90. The van der Waals surface area contributed by atoms with Gasteiger partial charge >= 0.3 is 5.69 Å². The molecule has 0 aromatic carbocycles. The second-order valence-corrected chi connectivity index (χ2v) is 5.47. The van der Waals surface area contributed by atoms with Gasteiger partial charge in [0.1, 0.15) is 5.69 Å². The molecule has 8 heteroatoms. The van der Waals surface area contributed by atoms with Crippen molar-refractivity contribution < 1.29 is 10.0 Å². The lowest BCUT2D eigenvalue weighted by Gasteiger charge is -2.27. The highest BCUT2D eigenvalue weighted by Gasteiger charge is 2.28. The number of aryl methyl sites for hydroxylation is 2. The van der Waals surface area contributed by atoms with Crippen LogP contribution in [0.25, 0.3) is 0 Å². The van der Waals surface area contributed by atoms with Crippen molar-refractivity contribution >= 4 is 11.5 Å². The second kappa shape index (κ2) is 6.19. The molecule has 0 amide bonds. The summed E-state index contributed by atoms with van der Waals surface area (Å²) in [7, 11) is 5.36. The van der Waals surface area contributed by atoms with Crippen LogP contribution in [-0.4, -0.2) is 57.5 Å². The molecule has 0 saturated heterocycles. The van der Waals surface area contributed by atoms with Gasteiger partial charge in [-0.05, 0) is 27.4 Å². The van der Waals surface area contributed by atoms with Crippen molar-refractivity contribution in [2.24, 2.45) is 7.05 Å². The van der Waals surface area contributed by atoms with Gasteiger partial charge in [-0.1, -0.05) is 6.92 Å². The number of hydrogen-bond donors (Lipinski definition) is 2. The van der Waals surface area contributed by atoms with E-state index in [2.05, 4.69) is 10.4 Å². The molecular weight excluding hydrogens is 262 g/mol. The van der Waals surface area contributed by atoms with Gasteiger partial charge < -0.3 is 15.3 Å². The molecule has 1 aromatic heterocycles. The van der Waals surface area contributed by atoms with E-state index in [0.29, 0.717) is 24.5 Å². The fraction of sp³-hybridized carbons (Fsp3) is 0.750. The molecule has 0 saturated carbocycles. The zero-order chi connectivity index (χ0) is 15.5. The van der Waals surface area contributed by atoms with Crippen LogP contribution in [0.15, 0.2) is 0 Å². The van der Waals surface area contributed by atoms with Crippen molar-refractivity contribution in [1.29, 1.82) is 0 Å².